The fraction of sp³-hybridized carbons (Fsp3) is 0.0968. The number of carbonyl (C=O) groups excluding carboxylic acids is 1. The molecule has 1 aliphatic heterocycles. The van der Waals surface area contributed by atoms with E-state index in [9.17, 15) is 4.79 Å². The van der Waals surface area contributed by atoms with Gasteiger partial charge >= 0.3 is 0 Å². The molecule has 2 unspecified atom stereocenters. The van der Waals surface area contributed by atoms with Gasteiger partial charge in [-0.2, -0.15) is 0 Å². The minimum absolute atomic E-state index is 0.0783. The molecule has 3 aromatic heterocycles. The van der Waals surface area contributed by atoms with Crippen molar-refractivity contribution in [3.05, 3.63) is 133 Å². The lowest BCUT2D eigenvalue weighted by molar-refractivity contribution is -0.118. The highest BCUT2D eigenvalue weighted by atomic mass is 32.1. The van der Waals surface area contributed by atoms with Crippen molar-refractivity contribution < 1.29 is 9.53 Å². The molecule has 8 nitrogen and oxygen atoms in total. The van der Waals surface area contributed by atoms with E-state index in [0.29, 0.717) is 16.5 Å². The molecule has 2 atom stereocenters. The number of para-hydroxylation sites is 1. The van der Waals surface area contributed by atoms with Crippen molar-refractivity contribution in [2.24, 2.45) is 0 Å². The van der Waals surface area contributed by atoms with Gasteiger partial charge < -0.3 is 24.8 Å². The number of aromatic nitrogens is 3. The summed E-state index contributed by atoms with van der Waals surface area (Å²) in [6.45, 7) is -0.0783. The Morgan fingerprint density at radius 3 is 2.48 bits per heavy atom. The van der Waals surface area contributed by atoms with Crippen molar-refractivity contribution in [2.45, 2.75) is 12.1 Å². The van der Waals surface area contributed by atoms with Crippen LogP contribution in [0.3, 0.4) is 0 Å². The summed E-state index contributed by atoms with van der Waals surface area (Å²) in [7, 11) is 0. The molecule has 1 saturated heterocycles. The quantitative estimate of drug-likeness (QED) is 0.250. The number of amides is 1. The highest BCUT2D eigenvalue weighted by Gasteiger charge is 2.42. The summed E-state index contributed by atoms with van der Waals surface area (Å²) in [6.07, 6.45) is 7.41. The molecule has 5 aromatic rings. The predicted molar refractivity (Wildman–Crippen MR) is 159 cm³/mol. The monoisotopic (exact) mass is 546 g/mol. The van der Waals surface area contributed by atoms with E-state index in [2.05, 4.69) is 36.1 Å². The van der Waals surface area contributed by atoms with Gasteiger partial charge in [-0.15, -0.1) is 0 Å². The number of carbonyl (C=O) groups is 1. The second-order valence-electron chi connectivity index (χ2n) is 9.21. The van der Waals surface area contributed by atoms with Gasteiger partial charge in [-0.1, -0.05) is 24.3 Å². The maximum absolute atomic E-state index is 12.5. The molecule has 0 aliphatic carbocycles. The van der Waals surface area contributed by atoms with Gasteiger partial charge in [-0.25, -0.2) is 0 Å². The number of nitrogens with zero attached hydrogens (tertiary/aromatic N) is 4. The predicted octanol–water partition coefficient (Wildman–Crippen LogP) is 5.46. The van der Waals surface area contributed by atoms with Gasteiger partial charge in [0.15, 0.2) is 11.7 Å². The zero-order valence-electron chi connectivity index (χ0n) is 21.4. The Bertz CT molecular complexity index is 1590. The van der Waals surface area contributed by atoms with Gasteiger partial charge in [-0.05, 0) is 85.0 Å². The van der Waals surface area contributed by atoms with Gasteiger partial charge in [0.25, 0.3) is 5.91 Å². The Morgan fingerprint density at radius 1 is 0.900 bits per heavy atom. The molecule has 0 spiro atoms. The third-order valence-electron chi connectivity index (χ3n) is 6.65. The van der Waals surface area contributed by atoms with Crippen LogP contribution >= 0.6 is 12.2 Å². The molecule has 4 heterocycles. The van der Waals surface area contributed by atoms with E-state index in [1.807, 2.05) is 103 Å². The van der Waals surface area contributed by atoms with Crippen LogP contribution in [-0.2, 0) is 4.79 Å². The Hall–Kier alpha value is -5.02. The molecule has 198 valence electrons. The van der Waals surface area contributed by atoms with E-state index in [4.69, 9.17) is 17.0 Å². The second kappa shape index (κ2) is 11.4. The molecule has 9 heteroatoms. The average molecular weight is 547 g/mol. The highest BCUT2D eigenvalue weighted by molar-refractivity contribution is 7.80. The second-order valence-corrected chi connectivity index (χ2v) is 9.59. The van der Waals surface area contributed by atoms with Gasteiger partial charge in [0.1, 0.15) is 11.8 Å². The third kappa shape index (κ3) is 5.27. The van der Waals surface area contributed by atoms with Crippen LogP contribution in [0.2, 0.25) is 0 Å². The number of hydrogen-bond acceptors (Lipinski definition) is 5. The van der Waals surface area contributed by atoms with Crippen LogP contribution in [0.15, 0.2) is 122 Å². The molecule has 2 N–H and O–H groups in total. The van der Waals surface area contributed by atoms with Crippen LogP contribution in [0.25, 0.3) is 5.69 Å². The Labute approximate surface area is 237 Å². The number of benzene rings is 2. The van der Waals surface area contributed by atoms with E-state index in [1.54, 1.807) is 12.4 Å². The molecule has 1 amide bonds. The molecule has 2 aromatic carbocycles. The number of ether oxygens (including phenoxy) is 1. The first-order valence-corrected chi connectivity index (χ1v) is 13.2. The number of rotatable bonds is 8. The summed E-state index contributed by atoms with van der Waals surface area (Å²) in [5, 5.41) is 6.98. The molecular weight excluding hydrogens is 520 g/mol. The number of nitrogens with one attached hydrogen (secondary N) is 2. The van der Waals surface area contributed by atoms with Gasteiger partial charge in [0.2, 0.25) is 0 Å². The van der Waals surface area contributed by atoms with Gasteiger partial charge in [-0.3, -0.25) is 14.8 Å². The van der Waals surface area contributed by atoms with Crippen LogP contribution in [0.4, 0.5) is 11.4 Å². The smallest absolute Gasteiger partial charge is 0.262 e. The van der Waals surface area contributed by atoms with Crippen molar-refractivity contribution in [3.8, 4) is 11.4 Å². The minimum Gasteiger partial charge on any atom is -0.484 e. The minimum atomic E-state index is -0.239. The molecule has 1 aliphatic rings. The zero-order valence-corrected chi connectivity index (χ0v) is 22.2. The molecule has 0 radical (unpaired) electrons. The first-order valence-electron chi connectivity index (χ1n) is 12.8. The molecule has 1 fully saturated rings. The number of hydrogen-bond donors (Lipinski definition) is 2. The van der Waals surface area contributed by atoms with E-state index in [-0.39, 0.29) is 24.6 Å². The summed E-state index contributed by atoms with van der Waals surface area (Å²) < 4.78 is 7.68. The fourth-order valence-electron chi connectivity index (χ4n) is 4.87. The van der Waals surface area contributed by atoms with E-state index >= 15 is 0 Å². The lowest BCUT2D eigenvalue weighted by Crippen LogP contribution is -2.30. The summed E-state index contributed by atoms with van der Waals surface area (Å²) in [5.74, 6) is 0.407. The molecule has 6 rings (SSSR count). The summed E-state index contributed by atoms with van der Waals surface area (Å²) in [5.41, 5.74) is 4.43. The molecule has 40 heavy (non-hydrogen) atoms. The first-order chi connectivity index (χ1) is 19.7. The van der Waals surface area contributed by atoms with Crippen molar-refractivity contribution >= 4 is 34.6 Å². The highest BCUT2D eigenvalue weighted by Crippen LogP contribution is 2.42. The van der Waals surface area contributed by atoms with Crippen LogP contribution in [0.5, 0.6) is 5.75 Å². The van der Waals surface area contributed by atoms with Crippen molar-refractivity contribution in [1.29, 1.82) is 0 Å². The number of anilines is 2. The maximum atomic E-state index is 12.5. The molecular formula is C31H26N6O2S. The van der Waals surface area contributed by atoms with Crippen molar-refractivity contribution in [3.63, 3.8) is 0 Å². The largest absolute Gasteiger partial charge is 0.484 e. The molecule has 0 saturated carbocycles. The summed E-state index contributed by atoms with van der Waals surface area (Å²) in [6, 6.07) is 30.4. The van der Waals surface area contributed by atoms with E-state index in [1.165, 1.54) is 0 Å². The Kier molecular flexibility index (Phi) is 7.19. The lowest BCUT2D eigenvalue weighted by Gasteiger charge is -2.29. The van der Waals surface area contributed by atoms with Crippen molar-refractivity contribution in [2.75, 3.05) is 16.8 Å². The Balaban J connectivity index is 1.27. The standard InChI is InChI=1S/C31H26N6O2S/c38-28(21-39-25-9-2-1-3-10-25)34-22-13-15-23(16-14-22)37-30(29(35-31(37)40)26-11-4-5-18-33-26)27-12-7-19-36(27)24-8-6-17-32-20-24/h1-20,29-30H,21H2,(H,34,38)(H,35,40). The van der Waals surface area contributed by atoms with Crippen molar-refractivity contribution in [1.82, 2.24) is 19.9 Å². The normalized spacial score (nSPS) is 16.4. The van der Waals surface area contributed by atoms with Gasteiger partial charge in [0, 0.05) is 35.7 Å². The molecule has 0 bridgehead atoms. The van der Waals surface area contributed by atoms with Crippen LogP contribution in [0, 0.1) is 0 Å². The maximum Gasteiger partial charge on any atom is 0.262 e. The van der Waals surface area contributed by atoms with Gasteiger partial charge in [0.05, 0.1) is 23.6 Å². The fourth-order valence-corrected chi connectivity index (χ4v) is 5.21. The van der Waals surface area contributed by atoms with E-state index in [0.717, 1.165) is 22.8 Å². The van der Waals surface area contributed by atoms with Crippen LogP contribution in [-0.4, -0.2) is 32.2 Å². The van der Waals surface area contributed by atoms with E-state index < -0.39 is 0 Å². The average Bonchev–Trinajstić information content (AvgIpc) is 3.62. The number of thiocarbonyl (C=S) groups is 1. The van der Waals surface area contributed by atoms with Crippen LogP contribution in [0.1, 0.15) is 23.5 Å². The first kappa shape index (κ1) is 25.3. The number of pyridine rings is 2. The topological polar surface area (TPSA) is 84.3 Å². The lowest BCUT2D eigenvalue weighted by atomic mass is 10.0. The zero-order chi connectivity index (χ0) is 27.3. The summed E-state index contributed by atoms with van der Waals surface area (Å²) >= 11 is 5.87. The third-order valence-corrected chi connectivity index (χ3v) is 6.96. The summed E-state index contributed by atoms with van der Waals surface area (Å²) in [4.78, 5) is 23.5. The SMILES string of the molecule is O=C(COc1ccccc1)Nc1ccc(N2C(=S)NC(c3ccccn3)C2c2cccn2-c2cccnc2)cc1. The van der Waals surface area contributed by atoms with Crippen LogP contribution < -0.4 is 20.3 Å². The Morgan fingerprint density at radius 2 is 1.73 bits per heavy atom.